The standard InChI is InChI=1S/C34H40Cl2N4O3/c1-42-32-12-5-11-28-29(34(41)37-24-26-13-14-30(35)31(36)23-26)25-40(33(28)32)19-7-17-38-15-6-16-39(21-20-38)18-8-22-43-27-9-3-2-4-10-27/h2-5,9-14,23,25H,6-8,15-22,24H2,1H3,(H,37,41). The zero-order valence-corrected chi connectivity index (χ0v) is 26.2. The van der Waals surface area contributed by atoms with E-state index in [1.54, 1.807) is 19.2 Å². The first-order chi connectivity index (χ1) is 21.0. The lowest BCUT2D eigenvalue weighted by atomic mass is 10.1. The number of carbonyl (C=O) groups is 1. The van der Waals surface area contributed by atoms with Gasteiger partial charge in [0.1, 0.15) is 11.5 Å². The van der Waals surface area contributed by atoms with E-state index in [4.69, 9.17) is 32.7 Å². The number of para-hydroxylation sites is 2. The Morgan fingerprint density at radius 3 is 2.37 bits per heavy atom. The topological polar surface area (TPSA) is 59.0 Å². The van der Waals surface area contributed by atoms with E-state index in [1.165, 1.54) is 6.42 Å². The molecule has 4 aromatic rings. The molecule has 0 radical (unpaired) electrons. The van der Waals surface area contributed by atoms with Crippen LogP contribution in [-0.2, 0) is 13.1 Å². The van der Waals surface area contributed by atoms with Crippen LogP contribution < -0.4 is 14.8 Å². The third-order valence-electron chi connectivity index (χ3n) is 7.95. The van der Waals surface area contributed by atoms with Gasteiger partial charge in [0.2, 0.25) is 0 Å². The molecule has 7 nitrogen and oxygen atoms in total. The molecule has 0 bridgehead atoms. The van der Waals surface area contributed by atoms with Gasteiger partial charge in [0.05, 0.1) is 34.8 Å². The zero-order chi connectivity index (χ0) is 30.0. The Labute approximate surface area is 264 Å². The van der Waals surface area contributed by atoms with Crippen molar-refractivity contribution in [2.75, 3.05) is 53.0 Å². The van der Waals surface area contributed by atoms with Gasteiger partial charge in [-0.3, -0.25) is 4.79 Å². The fraction of sp³-hybridized carbons (Fsp3) is 0.382. The molecule has 1 fully saturated rings. The van der Waals surface area contributed by atoms with Gasteiger partial charge in [-0.15, -0.1) is 0 Å². The first-order valence-electron chi connectivity index (χ1n) is 15.0. The van der Waals surface area contributed by atoms with Crippen molar-refractivity contribution in [3.8, 4) is 11.5 Å². The summed E-state index contributed by atoms with van der Waals surface area (Å²) in [6.45, 7) is 8.36. The van der Waals surface area contributed by atoms with Gasteiger partial charge in [-0.25, -0.2) is 0 Å². The van der Waals surface area contributed by atoms with Gasteiger partial charge in [-0.2, -0.15) is 0 Å². The fourth-order valence-electron chi connectivity index (χ4n) is 5.71. The third kappa shape index (κ3) is 8.45. The molecule has 9 heteroatoms. The van der Waals surface area contributed by atoms with Crippen molar-refractivity contribution in [2.45, 2.75) is 32.4 Å². The molecule has 0 spiro atoms. The van der Waals surface area contributed by atoms with Gasteiger partial charge in [0.25, 0.3) is 5.91 Å². The van der Waals surface area contributed by atoms with Crippen molar-refractivity contribution in [2.24, 2.45) is 0 Å². The molecule has 43 heavy (non-hydrogen) atoms. The monoisotopic (exact) mass is 622 g/mol. The maximum atomic E-state index is 13.3. The van der Waals surface area contributed by atoms with Crippen LogP contribution in [0.25, 0.3) is 10.9 Å². The number of halogens is 2. The normalized spacial score (nSPS) is 14.5. The molecule has 1 saturated heterocycles. The number of rotatable bonds is 13. The van der Waals surface area contributed by atoms with Crippen molar-refractivity contribution in [1.82, 2.24) is 19.7 Å². The third-order valence-corrected chi connectivity index (χ3v) is 8.69. The van der Waals surface area contributed by atoms with E-state index in [0.717, 1.165) is 93.2 Å². The number of aryl methyl sites for hydroxylation is 1. The van der Waals surface area contributed by atoms with Crippen LogP contribution in [0, 0.1) is 0 Å². The Morgan fingerprint density at radius 2 is 1.63 bits per heavy atom. The number of hydrogen-bond acceptors (Lipinski definition) is 5. The first-order valence-corrected chi connectivity index (χ1v) is 15.8. The quantitative estimate of drug-likeness (QED) is 0.167. The Kier molecular flexibility index (Phi) is 11.2. The van der Waals surface area contributed by atoms with Crippen LogP contribution in [0.1, 0.15) is 35.2 Å². The zero-order valence-electron chi connectivity index (χ0n) is 24.7. The summed E-state index contributed by atoms with van der Waals surface area (Å²) in [4.78, 5) is 18.4. The van der Waals surface area contributed by atoms with Crippen molar-refractivity contribution in [1.29, 1.82) is 0 Å². The molecule has 1 amide bonds. The molecule has 1 N–H and O–H groups in total. The smallest absolute Gasteiger partial charge is 0.253 e. The van der Waals surface area contributed by atoms with E-state index in [0.29, 0.717) is 22.2 Å². The Hall–Kier alpha value is -3.23. The van der Waals surface area contributed by atoms with Gasteiger partial charge in [-0.1, -0.05) is 59.6 Å². The average molecular weight is 624 g/mol. The molecule has 5 rings (SSSR count). The Bertz CT molecular complexity index is 1490. The van der Waals surface area contributed by atoms with Gasteiger partial charge < -0.3 is 29.2 Å². The van der Waals surface area contributed by atoms with Crippen LogP contribution in [0.4, 0.5) is 0 Å². The second-order valence-corrected chi connectivity index (χ2v) is 11.7. The molecule has 1 aliphatic heterocycles. The minimum atomic E-state index is -0.134. The van der Waals surface area contributed by atoms with Crippen LogP contribution in [0.15, 0.2) is 72.9 Å². The average Bonchev–Trinajstić information content (AvgIpc) is 3.25. The highest BCUT2D eigenvalue weighted by Gasteiger charge is 2.19. The van der Waals surface area contributed by atoms with Crippen molar-refractivity contribution < 1.29 is 14.3 Å². The Balaban J connectivity index is 1.13. The number of ether oxygens (including phenoxy) is 2. The number of carbonyl (C=O) groups excluding carboxylic acids is 1. The van der Waals surface area contributed by atoms with Gasteiger partial charge >= 0.3 is 0 Å². The Morgan fingerprint density at radius 1 is 0.860 bits per heavy atom. The highest BCUT2D eigenvalue weighted by atomic mass is 35.5. The van der Waals surface area contributed by atoms with Crippen LogP contribution in [-0.4, -0.2) is 73.3 Å². The van der Waals surface area contributed by atoms with Crippen LogP contribution >= 0.6 is 23.2 Å². The van der Waals surface area contributed by atoms with E-state index >= 15 is 0 Å². The molecular formula is C34H40Cl2N4O3. The molecule has 1 aromatic heterocycles. The van der Waals surface area contributed by atoms with E-state index in [1.807, 2.05) is 60.8 Å². The first kappa shape index (κ1) is 31.2. The summed E-state index contributed by atoms with van der Waals surface area (Å²) in [6, 6.07) is 21.3. The SMILES string of the molecule is COc1cccc2c(C(=O)NCc3ccc(Cl)c(Cl)c3)cn(CCCN3CCCN(CCCOc4ccccc4)CC3)c12. The predicted molar refractivity (Wildman–Crippen MR) is 175 cm³/mol. The predicted octanol–water partition coefficient (Wildman–Crippen LogP) is 6.75. The molecule has 0 unspecified atom stereocenters. The minimum Gasteiger partial charge on any atom is -0.495 e. The maximum Gasteiger partial charge on any atom is 0.253 e. The summed E-state index contributed by atoms with van der Waals surface area (Å²) in [5, 5.41) is 4.88. The molecular weight excluding hydrogens is 583 g/mol. The van der Waals surface area contributed by atoms with E-state index in [-0.39, 0.29) is 5.91 Å². The molecule has 2 heterocycles. The molecule has 228 valence electrons. The van der Waals surface area contributed by atoms with Crippen molar-refractivity contribution >= 4 is 40.0 Å². The number of nitrogens with zero attached hydrogens (tertiary/aromatic N) is 3. The summed E-state index contributed by atoms with van der Waals surface area (Å²) < 4.78 is 13.7. The number of benzene rings is 3. The second kappa shape index (κ2) is 15.5. The molecule has 3 aromatic carbocycles. The molecule has 0 atom stereocenters. The summed E-state index contributed by atoms with van der Waals surface area (Å²) >= 11 is 12.2. The van der Waals surface area contributed by atoms with Gasteiger partial charge in [-0.05, 0) is 74.8 Å². The van der Waals surface area contributed by atoms with E-state index in [2.05, 4.69) is 19.7 Å². The summed E-state index contributed by atoms with van der Waals surface area (Å²) in [6.07, 6.45) is 5.14. The molecule has 0 saturated carbocycles. The number of methoxy groups -OCH3 is 1. The minimum absolute atomic E-state index is 0.134. The van der Waals surface area contributed by atoms with Gasteiger partial charge in [0, 0.05) is 44.3 Å². The molecule has 1 aliphatic rings. The van der Waals surface area contributed by atoms with Gasteiger partial charge in [0.15, 0.2) is 0 Å². The number of nitrogens with one attached hydrogen (secondary N) is 1. The van der Waals surface area contributed by atoms with Crippen molar-refractivity contribution in [3.63, 3.8) is 0 Å². The second-order valence-electron chi connectivity index (χ2n) is 10.9. The molecule has 0 aliphatic carbocycles. The number of aromatic nitrogens is 1. The highest BCUT2D eigenvalue weighted by Crippen LogP contribution is 2.30. The number of amides is 1. The highest BCUT2D eigenvalue weighted by molar-refractivity contribution is 6.42. The summed E-state index contributed by atoms with van der Waals surface area (Å²) in [7, 11) is 1.67. The van der Waals surface area contributed by atoms with E-state index in [9.17, 15) is 4.79 Å². The lowest BCUT2D eigenvalue weighted by Crippen LogP contribution is -2.32. The number of hydrogen-bond donors (Lipinski definition) is 1. The lowest BCUT2D eigenvalue weighted by molar-refractivity contribution is 0.0952. The largest absolute Gasteiger partial charge is 0.495 e. The van der Waals surface area contributed by atoms with Crippen LogP contribution in [0.3, 0.4) is 0 Å². The van der Waals surface area contributed by atoms with Crippen molar-refractivity contribution in [3.05, 3.63) is 94.1 Å². The summed E-state index contributed by atoms with van der Waals surface area (Å²) in [5.74, 6) is 1.57. The van der Waals surface area contributed by atoms with Crippen LogP contribution in [0.2, 0.25) is 10.0 Å². The maximum absolute atomic E-state index is 13.3. The lowest BCUT2D eigenvalue weighted by Gasteiger charge is -2.22. The summed E-state index contributed by atoms with van der Waals surface area (Å²) in [5.41, 5.74) is 2.47. The van der Waals surface area contributed by atoms with Crippen LogP contribution in [0.5, 0.6) is 11.5 Å². The van der Waals surface area contributed by atoms with E-state index < -0.39 is 0 Å². The number of fused-ring (bicyclic) bond motifs is 1. The fourth-order valence-corrected chi connectivity index (χ4v) is 6.03.